The van der Waals surface area contributed by atoms with Gasteiger partial charge in [-0.05, 0) is 45.0 Å². The fourth-order valence-corrected chi connectivity index (χ4v) is 1.67. The highest BCUT2D eigenvalue weighted by molar-refractivity contribution is 5.92. The van der Waals surface area contributed by atoms with Crippen molar-refractivity contribution in [2.24, 2.45) is 0 Å². The number of carbonyl (C=O) groups is 3. The Morgan fingerprint density at radius 2 is 1.72 bits per heavy atom. The fourth-order valence-electron chi connectivity index (χ4n) is 1.67. The van der Waals surface area contributed by atoms with E-state index in [1.165, 1.54) is 19.2 Å². The van der Waals surface area contributed by atoms with Gasteiger partial charge in [-0.25, -0.2) is 9.59 Å². The fraction of sp³-hybridized carbons (Fsp3) is 0.471. The molecule has 0 saturated heterocycles. The van der Waals surface area contributed by atoms with Crippen molar-refractivity contribution in [1.82, 2.24) is 5.32 Å². The van der Waals surface area contributed by atoms with Crippen LogP contribution in [0.15, 0.2) is 24.3 Å². The highest BCUT2D eigenvalue weighted by atomic mass is 16.6. The number of rotatable bonds is 7. The highest BCUT2D eigenvalue weighted by Gasteiger charge is 2.16. The molecule has 0 saturated carbocycles. The summed E-state index contributed by atoms with van der Waals surface area (Å²) in [5, 5.41) is 5.09. The molecule has 0 bridgehead atoms. The van der Waals surface area contributed by atoms with Crippen LogP contribution in [0.3, 0.4) is 0 Å². The zero-order chi connectivity index (χ0) is 18.9. The largest absolute Gasteiger partial charge is 0.452 e. The Hall–Kier alpha value is -2.61. The quantitative estimate of drug-likeness (QED) is 0.574. The lowest BCUT2D eigenvalue weighted by molar-refractivity contribution is -0.124. The number of hydrogen-bond donors (Lipinski definition) is 2. The molecular formula is C17H24N2O6. The highest BCUT2D eigenvalue weighted by Crippen LogP contribution is 2.13. The maximum Gasteiger partial charge on any atom is 0.412 e. The molecule has 0 fully saturated rings. The molecule has 2 N–H and O–H groups in total. The second-order valence-corrected chi connectivity index (χ2v) is 6.12. The number of anilines is 1. The summed E-state index contributed by atoms with van der Waals surface area (Å²) >= 11 is 0. The number of benzene rings is 1. The maximum atomic E-state index is 11.9. The molecule has 25 heavy (non-hydrogen) atoms. The van der Waals surface area contributed by atoms with E-state index in [2.05, 4.69) is 10.6 Å². The Balaban J connectivity index is 2.46. The third-order valence-electron chi connectivity index (χ3n) is 2.73. The molecule has 0 aliphatic heterocycles. The van der Waals surface area contributed by atoms with Gasteiger partial charge in [-0.3, -0.25) is 10.1 Å². The Morgan fingerprint density at radius 3 is 2.28 bits per heavy atom. The summed E-state index contributed by atoms with van der Waals surface area (Å²) in [5.41, 5.74) is 0.139. The second kappa shape index (κ2) is 9.63. The molecule has 8 nitrogen and oxygen atoms in total. The lowest BCUT2D eigenvalue weighted by atomic mass is 10.2. The van der Waals surface area contributed by atoms with E-state index in [-0.39, 0.29) is 12.2 Å². The van der Waals surface area contributed by atoms with E-state index in [1.807, 2.05) is 0 Å². The van der Waals surface area contributed by atoms with Crippen molar-refractivity contribution in [2.45, 2.75) is 26.4 Å². The SMILES string of the molecule is COCCNC(=O)COC(=O)c1ccc(NC(=O)OC(C)(C)C)cc1. The van der Waals surface area contributed by atoms with Crippen molar-refractivity contribution >= 4 is 23.7 Å². The molecule has 0 atom stereocenters. The average molecular weight is 352 g/mol. The molecule has 8 heteroatoms. The van der Waals surface area contributed by atoms with Crippen LogP contribution < -0.4 is 10.6 Å². The summed E-state index contributed by atoms with van der Waals surface area (Å²) in [6.45, 7) is 5.63. The first-order valence-corrected chi connectivity index (χ1v) is 7.74. The average Bonchev–Trinajstić information content (AvgIpc) is 2.51. The van der Waals surface area contributed by atoms with E-state index < -0.39 is 23.6 Å². The van der Waals surface area contributed by atoms with Gasteiger partial charge in [0.1, 0.15) is 5.60 Å². The normalized spacial score (nSPS) is 10.7. The molecule has 0 radical (unpaired) electrons. The Kier molecular flexibility index (Phi) is 7.87. The van der Waals surface area contributed by atoms with Crippen molar-refractivity contribution in [3.63, 3.8) is 0 Å². The monoisotopic (exact) mass is 352 g/mol. The van der Waals surface area contributed by atoms with Crippen molar-refractivity contribution in [2.75, 3.05) is 32.2 Å². The molecule has 0 heterocycles. The molecule has 1 aromatic rings. The number of carbonyl (C=O) groups excluding carboxylic acids is 3. The molecule has 1 rings (SSSR count). The van der Waals surface area contributed by atoms with Crippen LogP contribution in [0.5, 0.6) is 0 Å². The van der Waals surface area contributed by atoms with Crippen LogP contribution >= 0.6 is 0 Å². The minimum absolute atomic E-state index is 0.263. The van der Waals surface area contributed by atoms with Gasteiger partial charge in [0.25, 0.3) is 5.91 Å². The molecule has 2 amide bonds. The van der Waals surface area contributed by atoms with E-state index in [0.717, 1.165) is 0 Å². The molecule has 0 aliphatic rings. The van der Waals surface area contributed by atoms with Gasteiger partial charge >= 0.3 is 12.1 Å². The Labute approximate surface area is 146 Å². The number of amides is 2. The summed E-state index contributed by atoms with van der Waals surface area (Å²) in [7, 11) is 1.52. The molecule has 138 valence electrons. The molecule has 0 aromatic heterocycles. The summed E-state index contributed by atoms with van der Waals surface area (Å²) < 4.78 is 14.8. The summed E-state index contributed by atoms with van der Waals surface area (Å²) in [5.74, 6) is -1.04. The van der Waals surface area contributed by atoms with Crippen molar-refractivity contribution < 1.29 is 28.6 Å². The van der Waals surface area contributed by atoms with Crippen LogP contribution in [-0.2, 0) is 19.0 Å². The molecular weight excluding hydrogens is 328 g/mol. The van der Waals surface area contributed by atoms with Crippen molar-refractivity contribution in [3.8, 4) is 0 Å². The first-order valence-electron chi connectivity index (χ1n) is 7.74. The van der Waals surface area contributed by atoms with Gasteiger partial charge in [0, 0.05) is 19.3 Å². The topological polar surface area (TPSA) is 103 Å². The summed E-state index contributed by atoms with van der Waals surface area (Å²) in [6, 6.07) is 6.05. The van der Waals surface area contributed by atoms with E-state index in [1.54, 1.807) is 32.9 Å². The zero-order valence-electron chi connectivity index (χ0n) is 14.9. The summed E-state index contributed by atoms with van der Waals surface area (Å²) in [4.78, 5) is 35.0. The molecule has 0 aliphatic carbocycles. The van der Waals surface area contributed by atoms with Crippen LogP contribution in [0.4, 0.5) is 10.5 Å². The maximum absolute atomic E-state index is 11.9. The van der Waals surface area contributed by atoms with Crippen LogP contribution in [0.25, 0.3) is 0 Å². The lowest BCUT2D eigenvalue weighted by Gasteiger charge is -2.19. The predicted octanol–water partition coefficient (Wildman–Crippen LogP) is 1.95. The van der Waals surface area contributed by atoms with Gasteiger partial charge in [0.2, 0.25) is 0 Å². The van der Waals surface area contributed by atoms with Gasteiger partial charge in [0.05, 0.1) is 12.2 Å². The second-order valence-electron chi connectivity index (χ2n) is 6.12. The van der Waals surface area contributed by atoms with Crippen molar-refractivity contribution in [3.05, 3.63) is 29.8 Å². The number of nitrogens with one attached hydrogen (secondary N) is 2. The summed E-state index contributed by atoms with van der Waals surface area (Å²) in [6.07, 6.45) is -0.587. The Bertz CT molecular complexity index is 592. The van der Waals surface area contributed by atoms with Gasteiger partial charge < -0.3 is 19.5 Å². The minimum Gasteiger partial charge on any atom is -0.452 e. The standard InChI is InChI=1S/C17H24N2O6/c1-17(2,3)25-16(22)19-13-7-5-12(6-8-13)15(21)24-11-14(20)18-9-10-23-4/h5-8H,9-11H2,1-4H3,(H,18,20)(H,19,22). The minimum atomic E-state index is -0.634. The van der Waals surface area contributed by atoms with E-state index in [0.29, 0.717) is 18.8 Å². The first-order chi connectivity index (χ1) is 11.7. The van der Waals surface area contributed by atoms with E-state index in [4.69, 9.17) is 14.2 Å². The van der Waals surface area contributed by atoms with Gasteiger partial charge in [0.15, 0.2) is 6.61 Å². The van der Waals surface area contributed by atoms with Gasteiger partial charge in [-0.15, -0.1) is 0 Å². The van der Waals surface area contributed by atoms with E-state index in [9.17, 15) is 14.4 Å². The third-order valence-corrected chi connectivity index (χ3v) is 2.73. The zero-order valence-corrected chi connectivity index (χ0v) is 14.9. The number of ether oxygens (including phenoxy) is 3. The lowest BCUT2D eigenvalue weighted by Crippen LogP contribution is -2.31. The smallest absolute Gasteiger partial charge is 0.412 e. The molecule has 0 unspecified atom stereocenters. The van der Waals surface area contributed by atoms with Gasteiger partial charge in [-0.2, -0.15) is 0 Å². The van der Waals surface area contributed by atoms with Crippen LogP contribution in [0, 0.1) is 0 Å². The third kappa shape index (κ3) is 8.71. The van der Waals surface area contributed by atoms with Crippen LogP contribution in [-0.4, -0.2) is 50.4 Å². The number of esters is 1. The predicted molar refractivity (Wildman–Crippen MR) is 91.5 cm³/mol. The van der Waals surface area contributed by atoms with Crippen LogP contribution in [0.2, 0.25) is 0 Å². The molecule has 0 spiro atoms. The number of methoxy groups -OCH3 is 1. The Morgan fingerprint density at radius 1 is 1.08 bits per heavy atom. The van der Waals surface area contributed by atoms with E-state index >= 15 is 0 Å². The van der Waals surface area contributed by atoms with Crippen LogP contribution in [0.1, 0.15) is 31.1 Å². The first kappa shape index (κ1) is 20.4. The molecule has 1 aromatic carbocycles. The van der Waals surface area contributed by atoms with Gasteiger partial charge in [-0.1, -0.05) is 0 Å². The van der Waals surface area contributed by atoms with Crippen molar-refractivity contribution in [1.29, 1.82) is 0 Å². The number of hydrogen-bond acceptors (Lipinski definition) is 6.